The number of nitrogens with zero attached hydrogens (tertiary/aromatic N) is 2. The van der Waals surface area contributed by atoms with E-state index in [1.165, 1.54) is 5.56 Å². The van der Waals surface area contributed by atoms with E-state index in [9.17, 15) is 0 Å². The van der Waals surface area contributed by atoms with Crippen LogP contribution in [0.4, 0.5) is 5.69 Å². The Kier molecular flexibility index (Phi) is 5.07. The van der Waals surface area contributed by atoms with E-state index in [-0.39, 0.29) is 6.04 Å². The molecule has 2 aromatic heterocycles. The summed E-state index contributed by atoms with van der Waals surface area (Å²) in [7, 11) is 0. The fraction of sp³-hybridized carbons (Fsp3) is 0.375. The average molecular weight is 270 g/mol. The third kappa shape index (κ3) is 3.54. The molecule has 3 N–H and O–H groups in total. The molecule has 0 radical (unpaired) electrons. The lowest BCUT2D eigenvalue weighted by Gasteiger charge is -2.20. The SMILES string of the molecule is CCCNC(Cc1cnccc1N)c1ncccc1C. The second-order valence-electron chi connectivity index (χ2n) is 4.99. The van der Waals surface area contributed by atoms with Crippen LogP contribution in [0.25, 0.3) is 0 Å². The number of anilines is 1. The predicted molar refractivity (Wildman–Crippen MR) is 82.4 cm³/mol. The maximum absolute atomic E-state index is 6.03. The lowest BCUT2D eigenvalue weighted by Crippen LogP contribution is -2.26. The monoisotopic (exact) mass is 270 g/mol. The molecule has 4 nitrogen and oxygen atoms in total. The molecular formula is C16H22N4. The second kappa shape index (κ2) is 7.01. The molecule has 1 unspecified atom stereocenters. The van der Waals surface area contributed by atoms with Crippen LogP contribution in [-0.2, 0) is 6.42 Å². The van der Waals surface area contributed by atoms with Crippen LogP contribution in [0.3, 0.4) is 0 Å². The topological polar surface area (TPSA) is 63.8 Å². The van der Waals surface area contributed by atoms with Crippen LogP contribution in [0.15, 0.2) is 36.8 Å². The minimum atomic E-state index is 0.169. The van der Waals surface area contributed by atoms with Gasteiger partial charge in [-0.3, -0.25) is 9.97 Å². The van der Waals surface area contributed by atoms with Gasteiger partial charge in [0.15, 0.2) is 0 Å². The number of aryl methyl sites for hydroxylation is 1. The largest absolute Gasteiger partial charge is 0.398 e. The zero-order valence-corrected chi connectivity index (χ0v) is 12.1. The average Bonchev–Trinajstić information content (AvgIpc) is 2.46. The van der Waals surface area contributed by atoms with Crippen molar-refractivity contribution in [3.63, 3.8) is 0 Å². The first-order valence-electron chi connectivity index (χ1n) is 7.05. The van der Waals surface area contributed by atoms with Crippen LogP contribution in [0.1, 0.15) is 36.2 Å². The van der Waals surface area contributed by atoms with E-state index in [1.54, 1.807) is 6.20 Å². The number of hydrogen-bond donors (Lipinski definition) is 2. The third-order valence-electron chi connectivity index (χ3n) is 3.39. The van der Waals surface area contributed by atoms with Gasteiger partial charge in [0.05, 0.1) is 11.7 Å². The molecule has 0 aliphatic rings. The number of nitrogen functional groups attached to an aromatic ring is 1. The molecule has 2 heterocycles. The zero-order chi connectivity index (χ0) is 14.4. The summed E-state index contributed by atoms with van der Waals surface area (Å²) < 4.78 is 0. The van der Waals surface area contributed by atoms with Gasteiger partial charge >= 0.3 is 0 Å². The molecule has 0 saturated carbocycles. The van der Waals surface area contributed by atoms with Gasteiger partial charge in [-0.1, -0.05) is 13.0 Å². The van der Waals surface area contributed by atoms with Gasteiger partial charge in [-0.15, -0.1) is 0 Å². The highest BCUT2D eigenvalue weighted by molar-refractivity contribution is 5.45. The molecule has 2 rings (SSSR count). The van der Waals surface area contributed by atoms with Crippen LogP contribution in [0.2, 0.25) is 0 Å². The van der Waals surface area contributed by atoms with Gasteiger partial charge in [-0.25, -0.2) is 0 Å². The molecular weight excluding hydrogens is 248 g/mol. The molecule has 20 heavy (non-hydrogen) atoms. The Bertz CT molecular complexity index is 554. The first kappa shape index (κ1) is 14.5. The molecule has 4 heteroatoms. The van der Waals surface area contributed by atoms with Crippen molar-refractivity contribution in [2.75, 3.05) is 12.3 Å². The van der Waals surface area contributed by atoms with Crippen LogP contribution < -0.4 is 11.1 Å². The van der Waals surface area contributed by atoms with E-state index in [4.69, 9.17) is 5.73 Å². The Labute approximate surface area is 120 Å². The minimum absolute atomic E-state index is 0.169. The maximum Gasteiger partial charge on any atom is 0.0605 e. The Morgan fingerprint density at radius 2 is 2.15 bits per heavy atom. The first-order chi connectivity index (χ1) is 9.72. The fourth-order valence-electron chi connectivity index (χ4n) is 2.28. The first-order valence-corrected chi connectivity index (χ1v) is 7.05. The standard InChI is InChI=1S/C16H22N4/c1-3-7-19-15(16-12(2)5-4-8-20-16)10-13-11-18-9-6-14(13)17/h4-6,8-9,11,15,19H,3,7,10H2,1-2H3,(H2,17,18). The quantitative estimate of drug-likeness (QED) is 0.847. The summed E-state index contributed by atoms with van der Waals surface area (Å²) in [6.45, 7) is 5.21. The van der Waals surface area contributed by atoms with Gasteiger partial charge in [0, 0.05) is 24.3 Å². The summed E-state index contributed by atoms with van der Waals surface area (Å²) in [5.41, 5.74) is 10.2. The van der Waals surface area contributed by atoms with Crippen LogP contribution in [0.5, 0.6) is 0 Å². The molecule has 0 saturated heterocycles. The number of pyridine rings is 2. The van der Waals surface area contributed by atoms with Gasteiger partial charge in [-0.05, 0) is 49.6 Å². The number of hydrogen-bond acceptors (Lipinski definition) is 4. The summed E-state index contributed by atoms with van der Waals surface area (Å²) in [6.07, 6.45) is 7.30. The number of rotatable bonds is 6. The van der Waals surface area contributed by atoms with Gasteiger partial charge in [0.25, 0.3) is 0 Å². The van der Waals surface area contributed by atoms with Crippen LogP contribution in [-0.4, -0.2) is 16.5 Å². The molecule has 0 aromatic carbocycles. The molecule has 106 valence electrons. The molecule has 0 aliphatic heterocycles. The number of nitrogens with two attached hydrogens (primary N) is 1. The zero-order valence-electron chi connectivity index (χ0n) is 12.1. The van der Waals surface area contributed by atoms with Gasteiger partial charge in [0.1, 0.15) is 0 Å². The normalized spacial score (nSPS) is 12.3. The molecule has 0 bridgehead atoms. The van der Waals surface area contributed by atoms with E-state index >= 15 is 0 Å². The van der Waals surface area contributed by atoms with E-state index < -0.39 is 0 Å². The van der Waals surface area contributed by atoms with Crippen LogP contribution >= 0.6 is 0 Å². The van der Waals surface area contributed by atoms with E-state index in [0.717, 1.165) is 36.3 Å². The highest BCUT2D eigenvalue weighted by atomic mass is 14.9. The second-order valence-corrected chi connectivity index (χ2v) is 4.99. The van der Waals surface area contributed by atoms with E-state index in [2.05, 4.69) is 35.2 Å². The van der Waals surface area contributed by atoms with Crippen molar-refractivity contribution >= 4 is 5.69 Å². The molecule has 0 aliphatic carbocycles. The van der Waals surface area contributed by atoms with Crippen molar-refractivity contribution in [3.8, 4) is 0 Å². The van der Waals surface area contributed by atoms with Crippen molar-refractivity contribution in [1.29, 1.82) is 0 Å². The minimum Gasteiger partial charge on any atom is -0.398 e. The van der Waals surface area contributed by atoms with E-state index in [0.29, 0.717) is 0 Å². The Hall–Kier alpha value is -1.94. The summed E-state index contributed by atoms with van der Waals surface area (Å²) >= 11 is 0. The Morgan fingerprint density at radius 3 is 2.85 bits per heavy atom. The van der Waals surface area contributed by atoms with Gasteiger partial charge in [0.2, 0.25) is 0 Å². The maximum atomic E-state index is 6.03. The highest BCUT2D eigenvalue weighted by Crippen LogP contribution is 2.22. The molecule has 0 fully saturated rings. The predicted octanol–water partition coefficient (Wildman–Crippen LogP) is 2.65. The summed E-state index contributed by atoms with van der Waals surface area (Å²) in [5.74, 6) is 0. The van der Waals surface area contributed by atoms with Gasteiger partial charge in [-0.2, -0.15) is 0 Å². The molecule has 1 atom stereocenters. The summed E-state index contributed by atoms with van der Waals surface area (Å²) in [6, 6.07) is 6.07. The number of nitrogens with one attached hydrogen (secondary N) is 1. The summed E-state index contributed by atoms with van der Waals surface area (Å²) in [5, 5.41) is 3.56. The number of aromatic nitrogens is 2. The van der Waals surface area contributed by atoms with Crippen molar-refractivity contribution in [2.24, 2.45) is 0 Å². The van der Waals surface area contributed by atoms with Crippen molar-refractivity contribution in [3.05, 3.63) is 53.6 Å². The van der Waals surface area contributed by atoms with E-state index in [1.807, 2.05) is 24.5 Å². The van der Waals surface area contributed by atoms with Crippen molar-refractivity contribution in [1.82, 2.24) is 15.3 Å². The smallest absolute Gasteiger partial charge is 0.0605 e. The van der Waals surface area contributed by atoms with Crippen molar-refractivity contribution < 1.29 is 0 Å². The Morgan fingerprint density at radius 1 is 1.30 bits per heavy atom. The molecule has 0 amide bonds. The summed E-state index contributed by atoms with van der Waals surface area (Å²) in [4.78, 5) is 8.70. The lowest BCUT2D eigenvalue weighted by atomic mass is 10.00. The lowest BCUT2D eigenvalue weighted by molar-refractivity contribution is 0.515. The fourth-order valence-corrected chi connectivity index (χ4v) is 2.28. The molecule has 0 spiro atoms. The van der Waals surface area contributed by atoms with Crippen LogP contribution in [0, 0.1) is 6.92 Å². The van der Waals surface area contributed by atoms with Gasteiger partial charge < -0.3 is 11.1 Å². The Balaban J connectivity index is 2.24. The molecule has 2 aromatic rings. The third-order valence-corrected chi connectivity index (χ3v) is 3.39. The highest BCUT2D eigenvalue weighted by Gasteiger charge is 2.16. The van der Waals surface area contributed by atoms with Crippen molar-refractivity contribution in [2.45, 2.75) is 32.7 Å².